The molecular weight excluding hydrogens is 691 g/mol. The number of aliphatic hydroxyl groups is 1. The van der Waals surface area contributed by atoms with Crippen molar-refractivity contribution in [3.8, 4) is 5.75 Å². The van der Waals surface area contributed by atoms with Crippen molar-refractivity contribution in [1.82, 2.24) is 20.0 Å². The average molecular weight is 742 g/mol. The summed E-state index contributed by atoms with van der Waals surface area (Å²) in [5.41, 5.74) is 6.23. The fraction of sp³-hybridized carbons (Fsp3) is 0.341. The third kappa shape index (κ3) is 8.21. The number of nitrogens with zero attached hydrogens (tertiary/aromatic N) is 3. The number of anilines is 1. The number of hydrogen-bond acceptors (Lipinski definition) is 6. The zero-order chi connectivity index (χ0) is 37.7. The molecule has 9 nitrogen and oxygen atoms in total. The number of benzene rings is 4. The van der Waals surface area contributed by atoms with E-state index in [-0.39, 0.29) is 30.6 Å². The van der Waals surface area contributed by atoms with E-state index in [4.69, 9.17) is 9.47 Å². The molecule has 54 heavy (non-hydrogen) atoms. The molecule has 0 aliphatic carbocycles. The summed E-state index contributed by atoms with van der Waals surface area (Å²) in [5, 5.41) is 24.7. The van der Waals surface area contributed by atoms with Crippen molar-refractivity contribution in [3.05, 3.63) is 138 Å². The van der Waals surface area contributed by atoms with Crippen LogP contribution >= 0.6 is 0 Å². The van der Waals surface area contributed by atoms with Gasteiger partial charge in [0.15, 0.2) is 0 Å². The van der Waals surface area contributed by atoms with Gasteiger partial charge in [-0.25, -0.2) is 0 Å². The van der Waals surface area contributed by atoms with Gasteiger partial charge in [-0.05, 0) is 77.7 Å². The van der Waals surface area contributed by atoms with Gasteiger partial charge in [0.05, 0.1) is 52.0 Å². The normalized spacial score (nSPS) is 19.2. The van der Waals surface area contributed by atoms with Gasteiger partial charge in [-0.3, -0.25) is 9.48 Å². The van der Waals surface area contributed by atoms with Crippen LogP contribution in [0.3, 0.4) is 0 Å². The largest absolute Gasteiger partial charge is 0.497 e. The number of aromatic amines is 1. The standard InChI is InChI=1S/C44H51N5O4Si/c1-30-41(23-16-31-14-17-34(18-15-31)46-43(51)26-33-27-45-39-13-9-8-12-37(33)39)53-42(44(30)54(3,4)36-21-19-35(52-2)20-22-36)24-25-49-28-40(47-48-49)38(29-50)32-10-6-5-7-11-32/h5-15,17-22,27-28,30,38,41-42,44-45,50H,16,23-26,29H2,1-4H3,(H,46,51)/t30-,38?,41+,42-,44+/m1/s1. The number of aliphatic hydroxyl groups excluding tert-OH is 1. The number of aromatic nitrogens is 4. The van der Waals surface area contributed by atoms with Gasteiger partial charge in [0.25, 0.3) is 0 Å². The predicted octanol–water partition coefficient (Wildman–Crippen LogP) is 7.49. The lowest BCUT2D eigenvalue weighted by Gasteiger charge is -2.36. The molecule has 1 fully saturated rings. The number of H-pyrrole nitrogens is 1. The highest BCUT2D eigenvalue weighted by Crippen LogP contribution is 2.46. The summed E-state index contributed by atoms with van der Waals surface area (Å²) in [5.74, 6) is 0.988. The Kier molecular flexibility index (Phi) is 11.4. The van der Waals surface area contributed by atoms with Crippen molar-refractivity contribution in [1.29, 1.82) is 0 Å². The van der Waals surface area contributed by atoms with Crippen molar-refractivity contribution < 1.29 is 19.4 Å². The molecule has 3 heterocycles. The molecule has 10 heteroatoms. The Morgan fingerprint density at radius 1 is 0.963 bits per heavy atom. The van der Waals surface area contributed by atoms with Crippen LogP contribution in [-0.4, -0.2) is 65.0 Å². The highest BCUT2D eigenvalue weighted by atomic mass is 28.3. The van der Waals surface area contributed by atoms with E-state index in [9.17, 15) is 9.90 Å². The highest BCUT2D eigenvalue weighted by Gasteiger charge is 2.50. The molecule has 1 aliphatic heterocycles. The topological polar surface area (TPSA) is 114 Å². The lowest BCUT2D eigenvalue weighted by Crippen LogP contribution is -2.50. The summed E-state index contributed by atoms with van der Waals surface area (Å²) >= 11 is 0. The van der Waals surface area contributed by atoms with E-state index < -0.39 is 8.07 Å². The van der Waals surface area contributed by atoms with E-state index in [1.54, 1.807) is 7.11 Å². The molecule has 3 N–H and O–H groups in total. The number of carbonyl (C=O) groups is 1. The van der Waals surface area contributed by atoms with Gasteiger partial charge >= 0.3 is 0 Å². The molecule has 2 aromatic heterocycles. The first-order valence-electron chi connectivity index (χ1n) is 19.0. The molecule has 0 spiro atoms. The number of methoxy groups -OCH3 is 1. The first-order valence-corrected chi connectivity index (χ1v) is 22.1. The second-order valence-electron chi connectivity index (χ2n) is 15.2. The van der Waals surface area contributed by atoms with Crippen LogP contribution < -0.4 is 15.2 Å². The number of fused-ring (bicyclic) bond motifs is 1. The Morgan fingerprint density at radius 3 is 2.44 bits per heavy atom. The number of para-hydroxylation sites is 1. The van der Waals surface area contributed by atoms with Crippen LogP contribution in [0.2, 0.25) is 18.6 Å². The summed E-state index contributed by atoms with van der Waals surface area (Å²) in [6.07, 6.45) is 7.01. The molecule has 1 aliphatic rings. The van der Waals surface area contributed by atoms with Crippen LogP contribution in [0.5, 0.6) is 5.75 Å². The van der Waals surface area contributed by atoms with Gasteiger partial charge in [-0.1, -0.05) is 103 Å². The van der Waals surface area contributed by atoms with E-state index in [1.165, 1.54) is 10.8 Å². The zero-order valence-corrected chi connectivity index (χ0v) is 32.6. The molecule has 0 bridgehead atoms. The molecule has 5 atom stereocenters. The minimum Gasteiger partial charge on any atom is -0.497 e. The smallest absolute Gasteiger partial charge is 0.228 e. The van der Waals surface area contributed by atoms with Crippen LogP contribution in [-0.2, 0) is 28.9 Å². The third-order valence-electron chi connectivity index (χ3n) is 11.5. The Hall–Kier alpha value is -5.03. The Morgan fingerprint density at radius 2 is 1.70 bits per heavy atom. The Labute approximate surface area is 318 Å². The van der Waals surface area contributed by atoms with Gasteiger partial charge in [0, 0.05) is 35.5 Å². The number of nitrogens with one attached hydrogen (secondary N) is 2. The fourth-order valence-corrected chi connectivity index (χ4v) is 12.6. The average Bonchev–Trinajstić information content (AvgIpc) is 3.92. The number of amides is 1. The number of hydrogen-bond donors (Lipinski definition) is 3. The van der Waals surface area contributed by atoms with Crippen molar-refractivity contribution in [2.24, 2.45) is 5.92 Å². The second-order valence-corrected chi connectivity index (χ2v) is 19.9. The molecule has 1 unspecified atom stereocenters. The maximum Gasteiger partial charge on any atom is 0.228 e. The number of carbonyl (C=O) groups excluding carboxylic acids is 1. The van der Waals surface area contributed by atoms with Crippen LogP contribution in [0.15, 0.2) is 116 Å². The first kappa shape index (κ1) is 37.3. The molecular formula is C44H51N5O4Si. The number of ether oxygens (including phenoxy) is 2. The van der Waals surface area contributed by atoms with E-state index in [0.29, 0.717) is 24.4 Å². The van der Waals surface area contributed by atoms with Gasteiger partial charge in [-0.15, -0.1) is 5.10 Å². The SMILES string of the molecule is COc1ccc([Si](C)(C)[C@H]2[C@H](C)[C@H](CCc3ccc(NC(=O)Cc4c[nH]c5ccccc45)cc3)O[C@@H]2CCn2cc(C(CO)c3ccccc3)nn2)cc1. The van der Waals surface area contributed by atoms with E-state index in [1.807, 2.05) is 83.8 Å². The summed E-state index contributed by atoms with van der Waals surface area (Å²) in [6, 6.07) is 34.9. The zero-order valence-electron chi connectivity index (χ0n) is 31.6. The summed E-state index contributed by atoms with van der Waals surface area (Å²) < 4.78 is 14.4. The second kappa shape index (κ2) is 16.5. The van der Waals surface area contributed by atoms with E-state index >= 15 is 0 Å². The minimum absolute atomic E-state index is 0.0273. The number of aryl methyl sites for hydroxylation is 2. The van der Waals surface area contributed by atoms with Crippen LogP contribution in [0, 0.1) is 5.92 Å². The van der Waals surface area contributed by atoms with Gasteiger partial charge < -0.3 is 24.9 Å². The molecule has 6 aromatic rings. The maximum absolute atomic E-state index is 12.9. The lowest BCUT2D eigenvalue weighted by molar-refractivity contribution is -0.115. The molecule has 7 rings (SSSR count). The molecule has 1 amide bonds. The summed E-state index contributed by atoms with van der Waals surface area (Å²) in [7, 11) is -0.315. The molecule has 0 radical (unpaired) electrons. The fourth-order valence-electron chi connectivity index (χ4n) is 8.53. The summed E-state index contributed by atoms with van der Waals surface area (Å²) in [6.45, 7) is 7.97. The molecule has 280 valence electrons. The third-order valence-corrected chi connectivity index (χ3v) is 15.9. The van der Waals surface area contributed by atoms with Crippen molar-refractivity contribution in [3.63, 3.8) is 0 Å². The molecule has 0 saturated carbocycles. The Bertz CT molecular complexity index is 2130. The monoisotopic (exact) mass is 741 g/mol. The van der Waals surface area contributed by atoms with E-state index in [2.05, 4.69) is 77.0 Å². The van der Waals surface area contributed by atoms with E-state index in [0.717, 1.165) is 58.4 Å². The van der Waals surface area contributed by atoms with Crippen molar-refractivity contribution in [2.45, 2.75) is 75.9 Å². The van der Waals surface area contributed by atoms with Gasteiger partial charge in [-0.2, -0.15) is 0 Å². The van der Waals surface area contributed by atoms with Crippen LogP contribution in [0.4, 0.5) is 5.69 Å². The predicted molar refractivity (Wildman–Crippen MR) is 217 cm³/mol. The highest BCUT2D eigenvalue weighted by molar-refractivity contribution is 6.91. The van der Waals surface area contributed by atoms with Crippen molar-refractivity contribution >= 4 is 35.8 Å². The first-order chi connectivity index (χ1) is 26.2. The molecule has 1 saturated heterocycles. The van der Waals surface area contributed by atoms with Crippen LogP contribution in [0.1, 0.15) is 48.1 Å². The Balaban J connectivity index is 1.01. The quantitative estimate of drug-likeness (QED) is 0.0941. The minimum atomic E-state index is -2.02. The van der Waals surface area contributed by atoms with Gasteiger partial charge in [0.1, 0.15) is 5.75 Å². The summed E-state index contributed by atoms with van der Waals surface area (Å²) in [4.78, 5) is 16.2. The lowest BCUT2D eigenvalue weighted by atomic mass is 9.95. The maximum atomic E-state index is 12.9. The molecule has 4 aromatic carbocycles. The van der Waals surface area contributed by atoms with Gasteiger partial charge in [0.2, 0.25) is 5.91 Å². The van der Waals surface area contributed by atoms with Crippen LogP contribution in [0.25, 0.3) is 10.9 Å². The van der Waals surface area contributed by atoms with Crippen molar-refractivity contribution in [2.75, 3.05) is 19.0 Å². The number of rotatable bonds is 15.